The summed E-state index contributed by atoms with van der Waals surface area (Å²) in [5.74, 6) is 1.70. The topological polar surface area (TPSA) is 34.1 Å². The van der Waals surface area contributed by atoms with Crippen molar-refractivity contribution >= 4 is 28.2 Å². The van der Waals surface area contributed by atoms with E-state index in [9.17, 15) is 0 Å². The van der Waals surface area contributed by atoms with E-state index in [2.05, 4.69) is 10.3 Å². The maximum absolute atomic E-state index is 6.00. The first-order valence-corrected chi connectivity index (χ1v) is 7.05. The summed E-state index contributed by atoms with van der Waals surface area (Å²) in [6, 6.07) is 15.7. The number of hydrogen-bond donors (Lipinski definition) is 1. The number of hydrogen-bond acceptors (Lipinski definition) is 3. The molecule has 0 unspecified atom stereocenters. The molecule has 106 valence electrons. The number of rotatable bonds is 4. The first-order chi connectivity index (χ1) is 10.3. The molecule has 3 nitrogen and oxygen atoms in total. The lowest BCUT2D eigenvalue weighted by atomic mass is 10.1. The maximum Gasteiger partial charge on any atom is 0.134 e. The first-order valence-electron chi connectivity index (χ1n) is 6.67. The number of nitrogens with one attached hydrogen (secondary N) is 1. The van der Waals surface area contributed by atoms with Crippen LogP contribution >= 0.6 is 11.6 Å². The van der Waals surface area contributed by atoms with Gasteiger partial charge in [0.15, 0.2) is 0 Å². The molecule has 2 aromatic carbocycles. The molecule has 0 bridgehead atoms. The fraction of sp³-hybridized carbons (Fsp3) is 0.118. The number of fused-ring (bicyclic) bond motifs is 1. The Labute approximate surface area is 128 Å². The molecule has 0 saturated heterocycles. The zero-order valence-electron chi connectivity index (χ0n) is 11.6. The Morgan fingerprint density at radius 3 is 2.86 bits per heavy atom. The van der Waals surface area contributed by atoms with Crippen molar-refractivity contribution in [1.82, 2.24) is 4.98 Å². The number of pyridine rings is 1. The van der Waals surface area contributed by atoms with E-state index in [0.717, 1.165) is 32.9 Å². The zero-order chi connectivity index (χ0) is 14.7. The van der Waals surface area contributed by atoms with Crippen molar-refractivity contribution in [2.24, 2.45) is 0 Å². The van der Waals surface area contributed by atoms with Crippen molar-refractivity contribution in [3.63, 3.8) is 0 Å². The number of nitrogens with zero attached hydrogens (tertiary/aromatic N) is 1. The van der Waals surface area contributed by atoms with Gasteiger partial charge in [0.05, 0.1) is 7.11 Å². The van der Waals surface area contributed by atoms with Gasteiger partial charge in [0, 0.05) is 23.2 Å². The third-order valence-electron chi connectivity index (χ3n) is 3.32. The predicted octanol–water partition coefficient (Wildman–Crippen LogP) is 4.51. The van der Waals surface area contributed by atoms with Crippen LogP contribution in [0.3, 0.4) is 0 Å². The van der Waals surface area contributed by atoms with Crippen LogP contribution in [0, 0.1) is 0 Å². The fourth-order valence-electron chi connectivity index (χ4n) is 2.26. The molecule has 0 aliphatic carbocycles. The summed E-state index contributed by atoms with van der Waals surface area (Å²) >= 11 is 6.00. The summed E-state index contributed by atoms with van der Waals surface area (Å²) in [7, 11) is 1.67. The second-order valence-electron chi connectivity index (χ2n) is 4.73. The van der Waals surface area contributed by atoms with Crippen LogP contribution in [0.4, 0.5) is 5.82 Å². The van der Waals surface area contributed by atoms with Gasteiger partial charge in [-0.05, 0) is 47.3 Å². The van der Waals surface area contributed by atoms with E-state index in [1.807, 2.05) is 48.5 Å². The van der Waals surface area contributed by atoms with E-state index in [1.165, 1.54) is 0 Å². The van der Waals surface area contributed by atoms with E-state index in [-0.39, 0.29) is 0 Å². The molecule has 0 radical (unpaired) electrons. The van der Waals surface area contributed by atoms with Crippen LogP contribution < -0.4 is 10.1 Å². The Balaban J connectivity index is 1.87. The molecule has 0 aliphatic heterocycles. The molecule has 0 fully saturated rings. The van der Waals surface area contributed by atoms with Crippen LogP contribution in [0.25, 0.3) is 10.8 Å². The smallest absolute Gasteiger partial charge is 0.134 e. The Kier molecular flexibility index (Phi) is 3.93. The molecule has 1 N–H and O–H groups in total. The van der Waals surface area contributed by atoms with Crippen LogP contribution in [0.1, 0.15) is 5.56 Å². The summed E-state index contributed by atoms with van der Waals surface area (Å²) < 4.78 is 5.25. The van der Waals surface area contributed by atoms with Gasteiger partial charge in [-0.1, -0.05) is 23.7 Å². The highest BCUT2D eigenvalue weighted by Crippen LogP contribution is 2.25. The van der Waals surface area contributed by atoms with Gasteiger partial charge in [0.2, 0.25) is 0 Å². The lowest BCUT2D eigenvalue weighted by Gasteiger charge is -2.10. The van der Waals surface area contributed by atoms with Crippen molar-refractivity contribution in [2.75, 3.05) is 12.4 Å². The van der Waals surface area contributed by atoms with Crippen LogP contribution in [-0.4, -0.2) is 12.1 Å². The number of ether oxygens (including phenoxy) is 1. The number of benzene rings is 2. The van der Waals surface area contributed by atoms with Gasteiger partial charge in [-0.15, -0.1) is 0 Å². The largest absolute Gasteiger partial charge is 0.497 e. The highest BCUT2D eigenvalue weighted by Gasteiger charge is 2.04. The molecular formula is C17H15ClN2O. The van der Waals surface area contributed by atoms with Crippen molar-refractivity contribution in [2.45, 2.75) is 6.54 Å². The van der Waals surface area contributed by atoms with Crippen molar-refractivity contribution in [3.05, 3.63) is 65.3 Å². The SMILES string of the molecule is COc1ccc2c(NCc3cccc(Cl)c3)nccc2c1. The van der Waals surface area contributed by atoms with Crippen molar-refractivity contribution < 1.29 is 4.74 Å². The Bertz CT molecular complexity index is 774. The molecule has 0 spiro atoms. The van der Waals surface area contributed by atoms with Gasteiger partial charge in [-0.2, -0.15) is 0 Å². The number of methoxy groups -OCH3 is 1. The molecule has 1 heterocycles. The Morgan fingerprint density at radius 1 is 1.14 bits per heavy atom. The molecule has 1 aromatic heterocycles. The Morgan fingerprint density at radius 2 is 2.05 bits per heavy atom. The minimum Gasteiger partial charge on any atom is -0.497 e. The van der Waals surface area contributed by atoms with Gasteiger partial charge in [0.25, 0.3) is 0 Å². The predicted molar refractivity (Wildman–Crippen MR) is 87.1 cm³/mol. The van der Waals surface area contributed by atoms with Crippen molar-refractivity contribution in [1.29, 1.82) is 0 Å². The molecule has 0 atom stereocenters. The molecule has 3 aromatic rings. The molecule has 0 saturated carbocycles. The van der Waals surface area contributed by atoms with Crippen molar-refractivity contribution in [3.8, 4) is 5.75 Å². The quantitative estimate of drug-likeness (QED) is 0.769. The number of anilines is 1. The minimum atomic E-state index is 0.679. The average Bonchev–Trinajstić information content (AvgIpc) is 2.52. The standard InChI is InChI=1S/C17H15ClN2O/c1-21-15-5-6-16-13(10-15)7-8-19-17(16)20-11-12-3-2-4-14(18)9-12/h2-10H,11H2,1H3,(H,19,20). The van der Waals surface area contributed by atoms with Gasteiger partial charge in [-0.3, -0.25) is 0 Å². The van der Waals surface area contributed by atoms with Gasteiger partial charge in [0.1, 0.15) is 11.6 Å². The third kappa shape index (κ3) is 3.09. The second-order valence-corrected chi connectivity index (χ2v) is 5.17. The molecule has 4 heteroatoms. The monoisotopic (exact) mass is 298 g/mol. The van der Waals surface area contributed by atoms with E-state index in [4.69, 9.17) is 16.3 Å². The normalized spacial score (nSPS) is 10.6. The average molecular weight is 299 g/mol. The van der Waals surface area contributed by atoms with E-state index in [0.29, 0.717) is 6.54 Å². The summed E-state index contributed by atoms with van der Waals surface area (Å²) in [6.45, 7) is 0.679. The molecule has 21 heavy (non-hydrogen) atoms. The van der Waals surface area contributed by atoms with E-state index in [1.54, 1.807) is 13.3 Å². The fourth-order valence-corrected chi connectivity index (χ4v) is 2.47. The lowest BCUT2D eigenvalue weighted by molar-refractivity contribution is 0.415. The third-order valence-corrected chi connectivity index (χ3v) is 3.56. The summed E-state index contributed by atoms with van der Waals surface area (Å²) in [5, 5.41) is 6.26. The second kappa shape index (κ2) is 6.02. The lowest BCUT2D eigenvalue weighted by Crippen LogP contribution is -2.01. The van der Waals surface area contributed by atoms with Crippen LogP contribution in [-0.2, 0) is 6.54 Å². The summed E-state index contributed by atoms with van der Waals surface area (Å²) in [6.07, 6.45) is 1.79. The van der Waals surface area contributed by atoms with Crippen LogP contribution in [0.15, 0.2) is 54.7 Å². The minimum absolute atomic E-state index is 0.679. The maximum atomic E-state index is 6.00. The first kappa shape index (κ1) is 13.7. The Hall–Kier alpha value is -2.26. The number of halogens is 1. The molecular weight excluding hydrogens is 284 g/mol. The highest BCUT2D eigenvalue weighted by molar-refractivity contribution is 6.30. The molecule has 3 rings (SSSR count). The van der Waals surface area contributed by atoms with Gasteiger partial charge >= 0.3 is 0 Å². The molecule has 0 aliphatic rings. The van der Waals surface area contributed by atoms with Crippen LogP contribution in [0.2, 0.25) is 5.02 Å². The number of aromatic nitrogens is 1. The van der Waals surface area contributed by atoms with Gasteiger partial charge in [-0.25, -0.2) is 4.98 Å². The van der Waals surface area contributed by atoms with Crippen LogP contribution in [0.5, 0.6) is 5.75 Å². The van der Waals surface area contributed by atoms with E-state index >= 15 is 0 Å². The zero-order valence-corrected chi connectivity index (χ0v) is 12.4. The highest BCUT2D eigenvalue weighted by atomic mass is 35.5. The van der Waals surface area contributed by atoms with E-state index < -0.39 is 0 Å². The summed E-state index contributed by atoms with van der Waals surface area (Å²) in [4.78, 5) is 4.41. The summed E-state index contributed by atoms with van der Waals surface area (Å²) in [5.41, 5.74) is 1.12. The van der Waals surface area contributed by atoms with Gasteiger partial charge < -0.3 is 10.1 Å². The molecule has 0 amide bonds.